The molecule has 1 aliphatic carbocycles. The summed E-state index contributed by atoms with van der Waals surface area (Å²) in [5, 5.41) is 0. The fraction of sp³-hybridized carbons (Fsp3) is 0.714. The molecule has 1 atom stereocenters. The van der Waals surface area contributed by atoms with Gasteiger partial charge in [-0.2, -0.15) is 0 Å². The van der Waals surface area contributed by atoms with Crippen LogP contribution in [0.15, 0.2) is 22.3 Å². The molecule has 0 saturated carbocycles. The first-order valence-electron chi connectivity index (χ1n) is 6.38. The van der Waals surface area contributed by atoms with Gasteiger partial charge in [0.05, 0.1) is 6.23 Å². The smallest absolute Gasteiger partial charge is 0.132 e. The maximum absolute atomic E-state index is 5.36. The molecular weight excluding hydrogens is 226 g/mol. The third-order valence-electron chi connectivity index (χ3n) is 4.26. The number of hydrogen-bond acceptors (Lipinski definition) is 2. The molecule has 0 bridgehead atoms. The van der Waals surface area contributed by atoms with E-state index in [0.717, 1.165) is 0 Å². The summed E-state index contributed by atoms with van der Waals surface area (Å²) in [7, 11) is 0.208. The summed E-state index contributed by atoms with van der Waals surface area (Å²) in [6, 6.07) is 0. The number of hydrogen-bond donors (Lipinski definition) is 1. The third-order valence-corrected chi connectivity index (χ3v) is 7.72. The molecule has 1 aliphatic rings. The molecule has 0 radical (unpaired) electrons. The molecule has 98 valence electrons. The van der Waals surface area contributed by atoms with Crippen LogP contribution in [0.3, 0.4) is 0 Å². The summed E-state index contributed by atoms with van der Waals surface area (Å²) in [5.74, 6) is 0. The topological polar surface area (TPSA) is 21.3 Å². The van der Waals surface area contributed by atoms with Crippen molar-refractivity contribution in [2.75, 3.05) is 7.11 Å². The summed E-state index contributed by atoms with van der Waals surface area (Å²) < 4.78 is 5.36. The van der Waals surface area contributed by atoms with Gasteiger partial charge >= 0.3 is 0 Å². The maximum Gasteiger partial charge on any atom is 0.132 e. The highest BCUT2D eigenvalue weighted by atomic mass is 28.3. The van der Waals surface area contributed by atoms with E-state index in [1.165, 1.54) is 11.1 Å². The summed E-state index contributed by atoms with van der Waals surface area (Å²) in [4.78, 5) is 3.70. The lowest BCUT2D eigenvalue weighted by molar-refractivity contribution is 0.107. The lowest BCUT2D eigenvalue weighted by Gasteiger charge is -2.35. The zero-order valence-corrected chi connectivity index (χ0v) is 13.6. The van der Waals surface area contributed by atoms with Crippen LogP contribution < -0.4 is 4.98 Å². The van der Waals surface area contributed by atoms with Gasteiger partial charge in [-0.05, 0) is 45.8 Å². The summed E-state index contributed by atoms with van der Waals surface area (Å²) in [5.41, 5.74) is 6.68. The van der Waals surface area contributed by atoms with Gasteiger partial charge in [0.2, 0.25) is 0 Å². The molecule has 0 aromatic heterocycles. The van der Waals surface area contributed by atoms with Crippen LogP contribution in [-0.4, -0.2) is 21.6 Å². The molecule has 0 fully saturated rings. The number of ether oxygens (including phenoxy) is 1. The monoisotopic (exact) mass is 253 g/mol. The molecule has 1 rings (SSSR count). The van der Waals surface area contributed by atoms with E-state index in [1.54, 1.807) is 18.3 Å². The molecule has 0 saturated heterocycles. The van der Waals surface area contributed by atoms with Crippen LogP contribution in [0, 0.1) is 0 Å². The Hall–Kier alpha value is -0.383. The highest BCUT2D eigenvalue weighted by Crippen LogP contribution is 2.45. The Morgan fingerprint density at radius 2 is 1.47 bits per heavy atom. The van der Waals surface area contributed by atoms with Crippen LogP contribution in [0.25, 0.3) is 0 Å². The molecule has 0 amide bonds. The Morgan fingerprint density at radius 3 is 1.82 bits per heavy atom. The predicted octanol–water partition coefficient (Wildman–Crippen LogP) is 3.83. The van der Waals surface area contributed by atoms with Crippen LogP contribution in [-0.2, 0) is 4.74 Å². The average Bonchev–Trinajstić information content (AvgIpc) is 2.42. The zero-order valence-electron chi connectivity index (χ0n) is 12.6. The van der Waals surface area contributed by atoms with Gasteiger partial charge in [0.1, 0.15) is 8.24 Å². The zero-order chi connectivity index (χ0) is 13.4. The van der Waals surface area contributed by atoms with E-state index in [9.17, 15) is 0 Å². The van der Waals surface area contributed by atoms with Crippen LogP contribution in [0.4, 0.5) is 0 Å². The fourth-order valence-corrected chi connectivity index (χ4v) is 7.03. The molecule has 2 nitrogen and oxygen atoms in total. The summed E-state index contributed by atoms with van der Waals surface area (Å²) >= 11 is 0. The van der Waals surface area contributed by atoms with Crippen molar-refractivity contribution in [2.45, 2.75) is 59.5 Å². The lowest BCUT2D eigenvalue weighted by Crippen LogP contribution is -2.53. The highest BCUT2D eigenvalue weighted by molar-refractivity contribution is 6.78. The Kier molecular flexibility index (Phi) is 4.39. The largest absolute Gasteiger partial charge is 0.368 e. The first-order chi connectivity index (χ1) is 7.72. The minimum Gasteiger partial charge on any atom is -0.368 e. The second-order valence-electron chi connectivity index (χ2n) is 5.79. The van der Waals surface area contributed by atoms with E-state index in [2.05, 4.69) is 52.7 Å². The number of nitrogens with one attached hydrogen (secondary N) is 1. The van der Waals surface area contributed by atoms with E-state index in [4.69, 9.17) is 4.74 Å². The van der Waals surface area contributed by atoms with Crippen molar-refractivity contribution in [1.82, 2.24) is 4.98 Å². The van der Waals surface area contributed by atoms with Crippen molar-refractivity contribution in [3.63, 3.8) is 0 Å². The third kappa shape index (κ3) is 2.72. The normalized spacial score (nSPS) is 20.5. The Morgan fingerprint density at radius 1 is 1.06 bits per heavy atom. The predicted molar refractivity (Wildman–Crippen MR) is 77.6 cm³/mol. The maximum atomic E-state index is 5.36. The van der Waals surface area contributed by atoms with Crippen molar-refractivity contribution in [1.29, 1.82) is 0 Å². The molecule has 0 aromatic rings. The summed E-state index contributed by atoms with van der Waals surface area (Å²) in [6.45, 7) is 15.9. The first-order valence-corrected chi connectivity index (χ1v) is 9.45. The Bertz CT molecular complexity index is 344. The Labute approximate surface area is 107 Å². The van der Waals surface area contributed by atoms with Crippen molar-refractivity contribution >= 4 is 8.24 Å². The quantitative estimate of drug-likeness (QED) is 0.607. The van der Waals surface area contributed by atoms with E-state index >= 15 is 0 Å². The average molecular weight is 253 g/mol. The molecule has 0 spiro atoms. The van der Waals surface area contributed by atoms with Crippen molar-refractivity contribution in [3.8, 4) is 0 Å². The van der Waals surface area contributed by atoms with Gasteiger partial charge in [-0.3, -0.25) is 0 Å². The lowest BCUT2D eigenvalue weighted by atomic mass is 10.1. The van der Waals surface area contributed by atoms with E-state index in [0.29, 0.717) is 5.54 Å². The van der Waals surface area contributed by atoms with E-state index in [-0.39, 0.29) is 6.23 Å². The minimum absolute atomic E-state index is 0.137. The molecule has 17 heavy (non-hydrogen) atoms. The first kappa shape index (κ1) is 14.7. The SMILES string of the molecule is COC(C)N[Si](C)(C)C1C(C)=C(C)C(C)=C1C. The van der Waals surface area contributed by atoms with Gasteiger partial charge in [-0.15, -0.1) is 0 Å². The molecule has 0 aliphatic heterocycles. The second-order valence-corrected chi connectivity index (χ2v) is 10.1. The fourth-order valence-electron chi connectivity index (χ4n) is 3.10. The molecule has 0 aromatic carbocycles. The minimum atomic E-state index is -1.55. The van der Waals surface area contributed by atoms with Crippen LogP contribution in [0.2, 0.25) is 18.6 Å². The van der Waals surface area contributed by atoms with E-state index in [1.807, 2.05) is 0 Å². The number of rotatable bonds is 4. The second kappa shape index (κ2) is 5.08. The van der Waals surface area contributed by atoms with Crippen molar-refractivity contribution in [3.05, 3.63) is 22.3 Å². The summed E-state index contributed by atoms with van der Waals surface area (Å²) in [6.07, 6.45) is 0.137. The van der Waals surface area contributed by atoms with E-state index < -0.39 is 8.24 Å². The van der Waals surface area contributed by atoms with Gasteiger partial charge in [-0.25, -0.2) is 0 Å². The van der Waals surface area contributed by atoms with Gasteiger partial charge < -0.3 is 9.72 Å². The molecule has 1 unspecified atom stereocenters. The van der Waals surface area contributed by atoms with Crippen LogP contribution >= 0.6 is 0 Å². The van der Waals surface area contributed by atoms with Gasteiger partial charge in [0, 0.05) is 12.7 Å². The highest BCUT2D eigenvalue weighted by Gasteiger charge is 2.39. The number of methoxy groups -OCH3 is 1. The van der Waals surface area contributed by atoms with Crippen molar-refractivity contribution in [2.24, 2.45) is 0 Å². The standard InChI is InChI=1S/C14H27NOSi/c1-9-10(2)12(4)14(11(9)3)17(7,8)15-13(5)16-6/h13-15H,1-8H3. The molecule has 1 N–H and O–H groups in total. The number of allylic oxidation sites excluding steroid dienone is 4. The van der Waals surface area contributed by atoms with Crippen molar-refractivity contribution < 1.29 is 4.74 Å². The van der Waals surface area contributed by atoms with Crippen LogP contribution in [0.5, 0.6) is 0 Å². The molecule has 0 heterocycles. The van der Waals surface area contributed by atoms with Gasteiger partial charge in [0.25, 0.3) is 0 Å². The Balaban J connectivity index is 3.01. The molecule has 3 heteroatoms. The van der Waals surface area contributed by atoms with Gasteiger partial charge in [0.15, 0.2) is 0 Å². The molecular formula is C14H27NOSi. The van der Waals surface area contributed by atoms with Gasteiger partial charge in [-0.1, -0.05) is 24.2 Å². The van der Waals surface area contributed by atoms with Crippen LogP contribution in [0.1, 0.15) is 34.6 Å².